The molecule has 0 saturated carbocycles. The number of anilines is 2. The second kappa shape index (κ2) is 7.08. The number of nitrogens with one attached hydrogen (secondary N) is 1. The van der Waals surface area contributed by atoms with Gasteiger partial charge in [-0.15, -0.1) is 0 Å². The van der Waals surface area contributed by atoms with E-state index >= 15 is 0 Å². The molecule has 1 amide bonds. The van der Waals surface area contributed by atoms with Crippen LogP contribution in [0.15, 0.2) is 40.9 Å². The summed E-state index contributed by atoms with van der Waals surface area (Å²) in [5.41, 5.74) is 7.13. The van der Waals surface area contributed by atoms with Crippen molar-refractivity contribution in [2.45, 2.75) is 13.3 Å². The van der Waals surface area contributed by atoms with Crippen LogP contribution in [-0.2, 0) is 4.79 Å². The van der Waals surface area contributed by atoms with Crippen LogP contribution in [0.1, 0.15) is 12.1 Å². The van der Waals surface area contributed by atoms with Gasteiger partial charge in [0.1, 0.15) is 11.6 Å². The molecule has 0 saturated heterocycles. The summed E-state index contributed by atoms with van der Waals surface area (Å²) in [5, 5.41) is 2.73. The Labute approximate surface area is 131 Å². The summed E-state index contributed by atoms with van der Waals surface area (Å²) in [5.74, 6) is 0.960. The Morgan fingerprint density at radius 1 is 1.33 bits per heavy atom. The Morgan fingerprint density at radius 2 is 2.10 bits per heavy atom. The number of nitrogens with two attached hydrogens (primary N) is 1. The summed E-state index contributed by atoms with van der Waals surface area (Å²) < 4.78 is 6.38. The summed E-state index contributed by atoms with van der Waals surface area (Å²) in [6, 6.07) is 10.8. The fourth-order valence-electron chi connectivity index (χ4n) is 1.68. The molecule has 0 spiro atoms. The van der Waals surface area contributed by atoms with Crippen molar-refractivity contribution in [3.8, 4) is 5.75 Å². The van der Waals surface area contributed by atoms with E-state index in [0.717, 1.165) is 10.2 Å². The van der Waals surface area contributed by atoms with Crippen molar-refractivity contribution < 1.29 is 9.53 Å². The number of rotatable bonds is 5. The van der Waals surface area contributed by atoms with Crippen LogP contribution in [0, 0.1) is 6.92 Å². The Hall–Kier alpha value is -2.08. The molecule has 0 aliphatic heterocycles. The van der Waals surface area contributed by atoms with E-state index in [0.29, 0.717) is 17.3 Å². The van der Waals surface area contributed by atoms with E-state index in [2.05, 4.69) is 26.2 Å². The third-order valence-corrected chi connectivity index (χ3v) is 3.63. The van der Waals surface area contributed by atoms with Crippen molar-refractivity contribution in [1.82, 2.24) is 4.98 Å². The minimum absolute atomic E-state index is 0.154. The molecule has 110 valence electrons. The van der Waals surface area contributed by atoms with Crippen molar-refractivity contribution in [2.75, 3.05) is 17.7 Å². The maximum atomic E-state index is 11.8. The fraction of sp³-hybridized carbons (Fsp3) is 0.200. The first-order valence-electron chi connectivity index (χ1n) is 6.46. The molecule has 0 aliphatic carbocycles. The van der Waals surface area contributed by atoms with E-state index in [1.165, 1.54) is 0 Å². The molecule has 5 nitrogen and oxygen atoms in total. The number of amides is 1. The lowest BCUT2D eigenvalue weighted by Gasteiger charge is -2.09. The predicted octanol–water partition coefficient (Wildman–Crippen LogP) is 3.14. The molecule has 0 unspecified atom stereocenters. The van der Waals surface area contributed by atoms with E-state index in [-0.39, 0.29) is 18.9 Å². The van der Waals surface area contributed by atoms with Crippen LogP contribution >= 0.6 is 15.9 Å². The standard InChI is InChI=1S/C15H16BrN3O2/c1-10-11(16)6-7-14(18-10)19-15(20)8-9-21-13-5-3-2-4-12(13)17/h2-7H,8-9,17H2,1H3,(H,18,19,20). The SMILES string of the molecule is Cc1nc(NC(=O)CCOc2ccccc2N)ccc1Br. The van der Waals surface area contributed by atoms with Gasteiger partial charge in [0.2, 0.25) is 5.91 Å². The van der Waals surface area contributed by atoms with E-state index in [1.807, 2.05) is 25.1 Å². The van der Waals surface area contributed by atoms with Crippen molar-refractivity contribution in [2.24, 2.45) is 0 Å². The van der Waals surface area contributed by atoms with E-state index in [1.54, 1.807) is 18.2 Å². The Balaban J connectivity index is 1.82. The van der Waals surface area contributed by atoms with Gasteiger partial charge in [-0.1, -0.05) is 12.1 Å². The van der Waals surface area contributed by atoms with Crippen LogP contribution < -0.4 is 15.8 Å². The quantitative estimate of drug-likeness (QED) is 0.813. The van der Waals surface area contributed by atoms with Crippen LogP contribution in [0.5, 0.6) is 5.75 Å². The second-order valence-corrected chi connectivity index (χ2v) is 5.30. The van der Waals surface area contributed by atoms with Crippen molar-refractivity contribution in [1.29, 1.82) is 0 Å². The Kier molecular flexibility index (Phi) is 5.16. The number of halogens is 1. The molecule has 0 aliphatic rings. The van der Waals surface area contributed by atoms with Gasteiger partial charge in [-0.2, -0.15) is 0 Å². The highest BCUT2D eigenvalue weighted by Crippen LogP contribution is 2.20. The van der Waals surface area contributed by atoms with Crippen LogP contribution in [-0.4, -0.2) is 17.5 Å². The number of aryl methyl sites for hydroxylation is 1. The number of para-hydroxylation sites is 2. The molecule has 0 atom stereocenters. The normalized spacial score (nSPS) is 10.2. The van der Waals surface area contributed by atoms with Gasteiger partial charge in [0.15, 0.2) is 0 Å². The molecule has 21 heavy (non-hydrogen) atoms. The highest BCUT2D eigenvalue weighted by Gasteiger charge is 2.06. The zero-order valence-electron chi connectivity index (χ0n) is 11.6. The molecular formula is C15H16BrN3O2. The summed E-state index contributed by atoms with van der Waals surface area (Å²) in [6.45, 7) is 2.12. The van der Waals surface area contributed by atoms with Gasteiger partial charge in [0.25, 0.3) is 0 Å². The largest absolute Gasteiger partial charge is 0.491 e. The molecule has 1 heterocycles. The number of carbonyl (C=O) groups is 1. The first-order chi connectivity index (χ1) is 10.1. The summed E-state index contributed by atoms with van der Waals surface area (Å²) in [4.78, 5) is 16.1. The minimum atomic E-state index is -0.154. The molecule has 0 fully saturated rings. The number of benzene rings is 1. The van der Waals surface area contributed by atoms with E-state index in [9.17, 15) is 4.79 Å². The molecule has 2 aromatic rings. The number of carbonyl (C=O) groups excluding carboxylic acids is 1. The summed E-state index contributed by atoms with van der Waals surface area (Å²) in [6.07, 6.45) is 0.227. The maximum Gasteiger partial charge on any atom is 0.228 e. The molecule has 6 heteroatoms. The molecule has 1 aromatic heterocycles. The Bertz CT molecular complexity index is 647. The van der Waals surface area contributed by atoms with Gasteiger partial charge < -0.3 is 15.8 Å². The topological polar surface area (TPSA) is 77.2 Å². The Morgan fingerprint density at radius 3 is 2.81 bits per heavy atom. The maximum absolute atomic E-state index is 11.8. The molecule has 0 bridgehead atoms. The van der Waals surface area contributed by atoms with Crippen LogP contribution in [0.3, 0.4) is 0 Å². The number of ether oxygens (including phenoxy) is 1. The van der Waals surface area contributed by atoms with E-state index in [4.69, 9.17) is 10.5 Å². The summed E-state index contributed by atoms with van der Waals surface area (Å²) in [7, 11) is 0. The molecular weight excluding hydrogens is 334 g/mol. The molecule has 2 rings (SSSR count). The van der Waals surface area contributed by atoms with Crippen LogP contribution in [0.25, 0.3) is 0 Å². The van der Waals surface area contributed by atoms with Gasteiger partial charge in [-0.25, -0.2) is 4.98 Å². The average molecular weight is 350 g/mol. The first kappa shape index (κ1) is 15.3. The number of hydrogen-bond acceptors (Lipinski definition) is 4. The van der Waals surface area contributed by atoms with Crippen LogP contribution in [0.4, 0.5) is 11.5 Å². The van der Waals surface area contributed by atoms with E-state index < -0.39 is 0 Å². The third kappa shape index (κ3) is 4.46. The van der Waals surface area contributed by atoms with Gasteiger partial charge in [0.05, 0.1) is 24.4 Å². The highest BCUT2D eigenvalue weighted by atomic mass is 79.9. The zero-order valence-corrected chi connectivity index (χ0v) is 13.2. The van der Waals surface area contributed by atoms with Gasteiger partial charge >= 0.3 is 0 Å². The van der Waals surface area contributed by atoms with Crippen molar-refractivity contribution in [3.63, 3.8) is 0 Å². The lowest BCUT2D eigenvalue weighted by Crippen LogP contribution is -2.16. The number of pyridine rings is 1. The monoisotopic (exact) mass is 349 g/mol. The predicted molar refractivity (Wildman–Crippen MR) is 86.3 cm³/mol. The zero-order chi connectivity index (χ0) is 15.2. The van der Waals surface area contributed by atoms with Crippen LogP contribution in [0.2, 0.25) is 0 Å². The third-order valence-electron chi connectivity index (χ3n) is 2.79. The number of nitrogens with zero attached hydrogens (tertiary/aromatic N) is 1. The van der Waals surface area contributed by atoms with Crippen molar-refractivity contribution in [3.05, 3.63) is 46.6 Å². The number of aromatic nitrogens is 1. The second-order valence-electron chi connectivity index (χ2n) is 4.45. The highest BCUT2D eigenvalue weighted by molar-refractivity contribution is 9.10. The lowest BCUT2D eigenvalue weighted by molar-refractivity contribution is -0.116. The van der Waals surface area contributed by atoms with Crippen molar-refractivity contribution >= 4 is 33.3 Å². The molecule has 0 radical (unpaired) electrons. The van der Waals surface area contributed by atoms with Gasteiger partial charge in [0, 0.05) is 4.47 Å². The summed E-state index contributed by atoms with van der Waals surface area (Å²) >= 11 is 3.36. The van der Waals surface area contributed by atoms with Gasteiger partial charge in [-0.3, -0.25) is 4.79 Å². The smallest absolute Gasteiger partial charge is 0.228 e. The number of nitrogen functional groups attached to an aromatic ring is 1. The average Bonchev–Trinajstić information content (AvgIpc) is 2.45. The first-order valence-corrected chi connectivity index (χ1v) is 7.26. The molecule has 1 aromatic carbocycles. The van der Waals surface area contributed by atoms with Gasteiger partial charge in [-0.05, 0) is 47.1 Å². The fourth-order valence-corrected chi connectivity index (χ4v) is 1.91. The number of hydrogen-bond donors (Lipinski definition) is 2. The lowest BCUT2D eigenvalue weighted by atomic mass is 10.3. The molecule has 3 N–H and O–H groups in total. The minimum Gasteiger partial charge on any atom is -0.491 e.